The molecule has 0 amide bonds. The van der Waals surface area contributed by atoms with Crippen molar-refractivity contribution in [3.63, 3.8) is 0 Å². The molecule has 5 heterocycles. The van der Waals surface area contributed by atoms with Crippen LogP contribution in [0.3, 0.4) is 0 Å². The van der Waals surface area contributed by atoms with E-state index in [2.05, 4.69) is 40.3 Å². The van der Waals surface area contributed by atoms with E-state index < -0.39 is 5.79 Å². The Balaban J connectivity index is 1.18. The van der Waals surface area contributed by atoms with Crippen molar-refractivity contribution < 1.29 is 14.2 Å². The van der Waals surface area contributed by atoms with Crippen LogP contribution in [-0.2, 0) is 15.9 Å². The topological polar surface area (TPSA) is 123 Å². The highest BCUT2D eigenvalue weighted by Crippen LogP contribution is 2.32. The van der Waals surface area contributed by atoms with Gasteiger partial charge in [0.1, 0.15) is 0 Å². The number of rotatable bonds is 8. The molecule has 0 bridgehead atoms. The molecule has 0 saturated carbocycles. The first kappa shape index (κ1) is 23.3. The maximum Gasteiger partial charge on any atom is 0.323 e. The largest absolute Gasteiger partial charge is 0.463 e. The minimum Gasteiger partial charge on any atom is -0.463 e. The molecule has 4 aromatic rings. The number of hydrazone groups is 1. The molecule has 2 aliphatic rings. The summed E-state index contributed by atoms with van der Waals surface area (Å²) in [6.07, 6.45) is 7.56. The second-order valence-corrected chi connectivity index (χ2v) is 8.92. The Morgan fingerprint density at radius 1 is 1.05 bits per heavy atom. The highest BCUT2D eigenvalue weighted by Gasteiger charge is 2.40. The molecule has 0 radical (unpaired) electrons. The first-order valence-electron chi connectivity index (χ1n) is 12.4. The zero-order valence-electron chi connectivity index (χ0n) is 20.3. The number of ether oxygens (including phenoxy) is 3. The van der Waals surface area contributed by atoms with Crippen LogP contribution in [0.4, 0.5) is 11.9 Å². The third-order valence-electron chi connectivity index (χ3n) is 6.53. The summed E-state index contributed by atoms with van der Waals surface area (Å²) in [6.45, 7) is 3.08. The van der Waals surface area contributed by atoms with Crippen molar-refractivity contribution in [3.8, 4) is 6.01 Å². The van der Waals surface area contributed by atoms with Crippen LogP contribution >= 0.6 is 0 Å². The summed E-state index contributed by atoms with van der Waals surface area (Å²) >= 11 is 0. The van der Waals surface area contributed by atoms with Crippen LogP contribution in [0.15, 0.2) is 60.0 Å². The molecule has 6 rings (SSSR count). The van der Waals surface area contributed by atoms with Gasteiger partial charge in [-0.15, -0.1) is 0 Å². The highest BCUT2D eigenvalue weighted by atomic mass is 16.7. The van der Waals surface area contributed by atoms with Gasteiger partial charge in [0.05, 0.1) is 26.0 Å². The van der Waals surface area contributed by atoms with Gasteiger partial charge in [0.15, 0.2) is 5.79 Å². The zero-order valence-corrected chi connectivity index (χ0v) is 20.3. The molecular weight excluding hydrogens is 472 g/mol. The van der Waals surface area contributed by atoms with E-state index in [0.29, 0.717) is 51.2 Å². The normalized spacial score (nSPS) is 17.1. The molecule has 190 valence electrons. The van der Waals surface area contributed by atoms with E-state index in [-0.39, 0.29) is 6.01 Å². The van der Waals surface area contributed by atoms with Crippen LogP contribution in [-0.4, -0.2) is 69.8 Å². The SMILES string of the molecule is C(=N\Nc1nc(OCCc2ccccn2)nc(N2CCC3(CC2)OCCO3)n1)/c1c[nH]c2ccccc12. The minimum atomic E-state index is -0.476. The first-order chi connectivity index (χ1) is 18.3. The van der Waals surface area contributed by atoms with Gasteiger partial charge in [0.2, 0.25) is 5.95 Å². The third kappa shape index (κ3) is 5.37. The fraction of sp³-hybridized carbons (Fsp3) is 0.346. The quantitative estimate of drug-likeness (QED) is 0.277. The summed E-state index contributed by atoms with van der Waals surface area (Å²) in [7, 11) is 0. The summed E-state index contributed by atoms with van der Waals surface area (Å²) in [6, 6.07) is 14.1. The molecule has 0 aliphatic carbocycles. The van der Waals surface area contributed by atoms with Crippen LogP contribution in [0.2, 0.25) is 0 Å². The Morgan fingerprint density at radius 3 is 2.73 bits per heavy atom. The predicted octanol–water partition coefficient (Wildman–Crippen LogP) is 3.16. The lowest BCUT2D eigenvalue weighted by Gasteiger charge is -2.37. The number of pyridine rings is 1. The lowest BCUT2D eigenvalue weighted by Crippen LogP contribution is -2.45. The van der Waals surface area contributed by atoms with Gasteiger partial charge in [0.25, 0.3) is 5.95 Å². The molecular formula is C26H28N8O3. The third-order valence-corrected chi connectivity index (χ3v) is 6.53. The molecule has 1 spiro atoms. The number of anilines is 2. The molecule has 37 heavy (non-hydrogen) atoms. The van der Waals surface area contributed by atoms with Gasteiger partial charge in [-0.05, 0) is 18.2 Å². The maximum atomic E-state index is 5.91. The van der Waals surface area contributed by atoms with Gasteiger partial charge in [-0.1, -0.05) is 24.3 Å². The van der Waals surface area contributed by atoms with Crippen molar-refractivity contribution >= 4 is 29.0 Å². The maximum absolute atomic E-state index is 5.91. The van der Waals surface area contributed by atoms with E-state index in [0.717, 1.165) is 35.0 Å². The number of nitrogens with one attached hydrogen (secondary N) is 2. The van der Waals surface area contributed by atoms with Gasteiger partial charge < -0.3 is 24.1 Å². The fourth-order valence-corrected chi connectivity index (χ4v) is 4.59. The van der Waals surface area contributed by atoms with E-state index in [4.69, 9.17) is 14.2 Å². The molecule has 0 unspecified atom stereocenters. The number of para-hydroxylation sites is 1. The second-order valence-electron chi connectivity index (χ2n) is 8.92. The Kier molecular flexibility index (Phi) is 6.61. The summed E-state index contributed by atoms with van der Waals surface area (Å²) in [5.41, 5.74) is 5.90. The van der Waals surface area contributed by atoms with Crippen molar-refractivity contribution in [3.05, 3.63) is 66.1 Å². The average Bonchev–Trinajstić information content (AvgIpc) is 3.57. The summed E-state index contributed by atoms with van der Waals surface area (Å²) in [5.74, 6) is 0.360. The monoisotopic (exact) mass is 500 g/mol. The van der Waals surface area contributed by atoms with E-state index in [1.54, 1.807) is 12.4 Å². The number of aromatic nitrogens is 5. The van der Waals surface area contributed by atoms with Crippen LogP contribution in [0.25, 0.3) is 10.9 Å². The number of aromatic amines is 1. The van der Waals surface area contributed by atoms with Gasteiger partial charge in [-0.3, -0.25) is 4.98 Å². The number of fused-ring (bicyclic) bond motifs is 1. The molecule has 11 heteroatoms. The number of H-pyrrole nitrogens is 1. The van der Waals surface area contributed by atoms with Crippen LogP contribution in [0.5, 0.6) is 6.01 Å². The van der Waals surface area contributed by atoms with E-state index in [1.165, 1.54) is 0 Å². The van der Waals surface area contributed by atoms with Crippen molar-refractivity contribution in [2.24, 2.45) is 5.10 Å². The first-order valence-corrected chi connectivity index (χ1v) is 12.4. The van der Waals surface area contributed by atoms with Crippen LogP contribution in [0, 0.1) is 0 Å². The van der Waals surface area contributed by atoms with Gasteiger partial charge in [-0.25, -0.2) is 5.43 Å². The molecule has 0 atom stereocenters. The second kappa shape index (κ2) is 10.5. The number of hydrogen-bond donors (Lipinski definition) is 2. The summed E-state index contributed by atoms with van der Waals surface area (Å²) < 4.78 is 17.6. The summed E-state index contributed by atoms with van der Waals surface area (Å²) in [4.78, 5) is 23.3. The zero-order chi connectivity index (χ0) is 24.9. The highest BCUT2D eigenvalue weighted by molar-refractivity contribution is 5.99. The standard InChI is InChI=1S/C26H28N8O3/c1-2-7-22-21(6-1)19(17-28-22)18-29-33-23-30-24(34-12-9-26(10-13-34)36-15-16-37-26)32-25(31-23)35-14-8-20-5-3-4-11-27-20/h1-7,11,17-18,28H,8-10,12-16H2,(H,30,31,32,33)/b29-18+. The van der Waals surface area contributed by atoms with Gasteiger partial charge in [0, 0.05) is 66.9 Å². The van der Waals surface area contributed by atoms with Crippen molar-refractivity contribution in [2.45, 2.75) is 25.0 Å². The molecule has 3 aromatic heterocycles. The average molecular weight is 501 g/mol. The number of nitrogens with zero attached hydrogens (tertiary/aromatic N) is 6. The fourth-order valence-electron chi connectivity index (χ4n) is 4.59. The molecule has 2 N–H and O–H groups in total. The lowest BCUT2D eigenvalue weighted by molar-refractivity contribution is -0.169. The Morgan fingerprint density at radius 2 is 1.89 bits per heavy atom. The Labute approximate surface area is 213 Å². The minimum absolute atomic E-state index is 0.236. The van der Waals surface area contributed by atoms with Crippen molar-refractivity contribution in [1.82, 2.24) is 24.9 Å². The molecule has 11 nitrogen and oxygen atoms in total. The van der Waals surface area contributed by atoms with Crippen LogP contribution < -0.4 is 15.1 Å². The molecule has 2 fully saturated rings. The number of benzene rings is 1. The van der Waals surface area contributed by atoms with E-state index in [9.17, 15) is 0 Å². The van der Waals surface area contributed by atoms with E-state index in [1.807, 2.05) is 48.7 Å². The predicted molar refractivity (Wildman–Crippen MR) is 139 cm³/mol. The van der Waals surface area contributed by atoms with Crippen molar-refractivity contribution in [2.75, 3.05) is 43.2 Å². The smallest absolute Gasteiger partial charge is 0.323 e. The van der Waals surface area contributed by atoms with Gasteiger partial charge >= 0.3 is 6.01 Å². The molecule has 2 aliphatic heterocycles. The Hall–Kier alpha value is -4.09. The van der Waals surface area contributed by atoms with Crippen LogP contribution in [0.1, 0.15) is 24.1 Å². The van der Waals surface area contributed by atoms with E-state index >= 15 is 0 Å². The molecule has 1 aromatic carbocycles. The van der Waals surface area contributed by atoms with Gasteiger partial charge in [-0.2, -0.15) is 20.1 Å². The lowest BCUT2D eigenvalue weighted by atomic mass is 10.0. The summed E-state index contributed by atoms with van der Waals surface area (Å²) in [5, 5.41) is 5.46. The van der Waals surface area contributed by atoms with Crippen molar-refractivity contribution in [1.29, 1.82) is 0 Å². The Bertz CT molecular complexity index is 1360. The number of piperidine rings is 1. The molecule has 2 saturated heterocycles. The number of hydrogen-bond acceptors (Lipinski definition) is 10.